The van der Waals surface area contributed by atoms with Gasteiger partial charge in [-0.15, -0.1) is 0 Å². The Hall–Kier alpha value is -3.08. The summed E-state index contributed by atoms with van der Waals surface area (Å²) < 4.78 is 45.1. The van der Waals surface area contributed by atoms with Gasteiger partial charge in [-0.25, -0.2) is 4.98 Å². The molecule has 0 fully saturated rings. The lowest BCUT2D eigenvalue weighted by Gasteiger charge is -2.15. The fourth-order valence-electron chi connectivity index (χ4n) is 2.33. The van der Waals surface area contributed by atoms with Crippen molar-refractivity contribution in [3.8, 4) is 0 Å². The van der Waals surface area contributed by atoms with E-state index in [4.69, 9.17) is 4.42 Å². The number of para-hydroxylation sites is 2. The molecule has 0 aliphatic carbocycles. The summed E-state index contributed by atoms with van der Waals surface area (Å²) in [4.78, 5) is 26.3. The number of non-ortho nitro benzene ring substituents is 1. The van der Waals surface area contributed by atoms with Gasteiger partial charge < -0.3 is 9.73 Å². The van der Waals surface area contributed by atoms with E-state index in [0.717, 1.165) is 23.9 Å². The van der Waals surface area contributed by atoms with Gasteiger partial charge in [-0.05, 0) is 25.1 Å². The van der Waals surface area contributed by atoms with Gasteiger partial charge in [0, 0.05) is 12.1 Å². The van der Waals surface area contributed by atoms with Crippen LogP contribution in [0.25, 0.3) is 11.1 Å². The van der Waals surface area contributed by atoms with Gasteiger partial charge in [-0.2, -0.15) is 13.2 Å². The maximum absolute atomic E-state index is 13.2. The number of amides is 1. The molecule has 146 valence electrons. The quantitative estimate of drug-likeness (QED) is 0.365. The minimum Gasteiger partial charge on any atom is -0.431 e. The number of anilines is 1. The van der Waals surface area contributed by atoms with E-state index in [1.807, 2.05) is 0 Å². The van der Waals surface area contributed by atoms with Crippen molar-refractivity contribution in [3.63, 3.8) is 0 Å². The lowest BCUT2D eigenvalue weighted by Crippen LogP contribution is -2.24. The zero-order valence-electron chi connectivity index (χ0n) is 14.2. The zero-order valence-corrected chi connectivity index (χ0v) is 15.0. The van der Waals surface area contributed by atoms with Gasteiger partial charge in [0.15, 0.2) is 5.58 Å². The second kappa shape index (κ2) is 7.50. The van der Waals surface area contributed by atoms with E-state index in [9.17, 15) is 28.1 Å². The Morgan fingerprint density at radius 3 is 2.64 bits per heavy atom. The maximum atomic E-state index is 13.2. The standard InChI is InChI=1S/C17H12F3N3O4S/c1-9(28-16-22-13-4-2-3-5-14(13)27-16)15(24)21-12-7-6-10(23(25)26)8-11(12)17(18,19)20/h2-9H,1H3,(H,21,24)/t9-/m0/s1. The first kappa shape index (κ1) is 19.7. The van der Waals surface area contributed by atoms with Crippen LogP contribution in [0.4, 0.5) is 24.5 Å². The average molecular weight is 411 g/mol. The largest absolute Gasteiger partial charge is 0.431 e. The number of carbonyl (C=O) groups is 1. The van der Waals surface area contributed by atoms with Gasteiger partial charge in [0.05, 0.1) is 21.4 Å². The number of nitrogens with one attached hydrogen (secondary N) is 1. The first-order valence-corrected chi connectivity index (χ1v) is 8.72. The molecule has 0 saturated heterocycles. The summed E-state index contributed by atoms with van der Waals surface area (Å²) in [5.74, 6) is -0.730. The first-order valence-electron chi connectivity index (χ1n) is 7.84. The van der Waals surface area contributed by atoms with Crippen molar-refractivity contribution in [3.05, 3.63) is 58.1 Å². The summed E-state index contributed by atoms with van der Waals surface area (Å²) in [7, 11) is 0. The van der Waals surface area contributed by atoms with Crippen LogP contribution in [0.1, 0.15) is 12.5 Å². The fraction of sp³-hybridized carbons (Fsp3) is 0.176. The third-order valence-electron chi connectivity index (χ3n) is 3.70. The number of alkyl halides is 3. The summed E-state index contributed by atoms with van der Waals surface area (Å²) in [6.45, 7) is 1.48. The van der Waals surface area contributed by atoms with Gasteiger partial charge in [-0.1, -0.05) is 23.9 Å². The highest BCUT2D eigenvalue weighted by molar-refractivity contribution is 8.00. The molecule has 0 bridgehead atoms. The van der Waals surface area contributed by atoms with E-state index in [2.05, 4.69) is 10.3 Å². The molecule has 0 radical (unpaired) electrons. The fourth-order valence-corrected chi connectivity index (χ4v) is 3.09. The van der Waals surface area contributed by atoms with Crippen LogP contribution < -0.4 is 5.32 Å². The highest BCUT2D eigenvalue weighted by Crippen LogP contribution is 2.37. The van der Waals surface area contributed by atoms with Crippen molar-refractivity contribution in [2.24, 2.45) is 0 Å². The number of hydrogen-bond acceptors (Lipinski definition) is 6. The third-order valence-corrected chi connectivity index (χ3v) is 4.64. The molecule has 0 unspecified atom stereocenters. The van der Waals surface area contributed by atoms with Gasteiger partial charge in [0.25, 0.3) is 10.9 Å². The van der Waals surface area contributed by atoms with Crippen molar-refractivity contribution >= 4 is 40.1 Å². The molecule has 3 rings (SSSR count). The summed E-state index contributed by atoms with van der Waals surface area (Å²) in [5, 5.41) is 12.3. The van der Waals surface area contributed by atoms with Crippen LogP contribution in [-0.4, -0.2) is 21.1 Å². The lowest BCUT2D eigenvalue weighted by molar-refractivity contribution is -0.385. The molecule has 2 aromatic carbocycles. The van der Waals surface area contributed by atoms with Crippen LogP contribution in [0.15, 0.2) is 52.1 Å². The molecule has 3 aromatic rings. The third kappa shape index (κ3) is 4.25. The molecule has 1 aromatic heterocycles. The van der Waals surface area contributed by atoms with Crippen LogP contribution >= 0.6 is 11.8 Å². The highest BCUT2D eigenvalue weighted by Gasteiger charge is 2.36. The summed E-state index contributed by atoms with van der Waals surface area (Å²) in [6.07, 6.45) is -4.87. The van der Waals surface area contributed by atoms with Crippen molar-refractivity contribution in [1.82, 2.24) is 4.98 Å². The monoisotopic (exact) mass is 411 g/mol. The molecule has 28 heavy (non-hydrogen) atoms. The number of rotatable bonds is 5. The Labute approximate surface area is 160 Å². The van der Waals surface area contributed by atoms with E-state index in [-0.39, 0.29) is 5.22 Å². The number of halogens is 3. The van der Waals surface area contributed by atoms with E-state index in [1.165, 1.54) is 6.92 Å². The number of nitrogens with zero attached hydrogens (tertiary/aromatic N) is 2. The number of fused-ring (bicyclic) bond motifs is 1. The number of hydrogen-bond donors (Lipinski definition) is 1. The van der Waals surface area contributed by atoms with Crippen LogP contribution in [-0.2, 0) is 11.0 Å². The normalized spacial score (nSPS) is 12.7. The van der Waals surface area contributed by atoms with Crippen LogP contribution in [0, 0.1) is 10.1 Å². The molecular weight excluding hydrogens is 399 g/mol. The maximum Gasteiger partial charge on any atom is 0.418 e. The Bertz CT molecular complexity index is 1020. The Balaban J connectivity index is 1.78. The zero-order chi connectivity index (χ0) is 20.5. The number of carbonyl (C=O) groups excluding carboxylic acids is 1. The summed E-state index contributed by atoms with van der Waals surface area (Å²) in [6, 6.07) is 9.07. The molecule has 0 aliphatic heterocycles. The van der Waals surface area contributed by atoms with Crippen molar-refractivity contribution < 1.29 is 27.3 Å². The Morgan fingerprint density at radius 1 is 1.29 bits per heavy atom. The van der Waals surface area contributed by atoms with Crippen molar-refractivity contribution in [2.45, 2.75) is 23.6 Å². The Kier molecular flexibility index (Phi) is 5.27. The van der Waals surface area contributed by atoms with Gasteiger partial charge in [0.1, 0.15) is 5.52 Å². The Morgan fingerprint density at radius 2 is 2.00 bits per heavy atom. The topological polar surface area (TPSA) is 98.3 Å². The number of aromatic nitrogens is 1. The predicted molar refractivity (Wildman–Crippen MR) is 96.1 cm³/mol. The van der Waals surface area contributed by atoms with Crippen LogP contribution in [0.3, 0.4) is 0 Å². The van der Waals surface area contributed by atoms with Crippen LogP contribution in [0.5, 0.6) is 0 Å². The number of thioether (sulfide) groups is 1. The minimum absolute atomic E-state index is 0.198. The molecule has 1 heterocycles. The highest BCUT2D eigenvalue weighted by atomic mass is 32.2. The second-order valence-electron chi connectivity index (χ2n) is 5.68. The van der Waals surface area contributed by atoms with E-state index < -0.39 is 39.2 Å². The molecule has 1 atom stereocenters. The summed E-state index contributed by atoms with van der Waals surface area (Å²) in [5.41, 5.74) is -1.47. The molecule has 0 spiro atoms. The predicted octanol–water partition coefficient (Wildman–Crippen LogP) is 4.87. The van der Waals surface area contributed by atoms with Crippen molar-refractivity contribution in [2.75, 3.05) is 5.32 Å². The van der Waals surface area contributed by atoms with Crippen LogP contribution in [0.2, 0.25) is 0 Å². The molecule has 0 saturated carbocycles. The van der Waals surface area contributed by atoms with E-state index >= 15 is 0 Å². The number of benzene rings is 2. The SMILES string of the molecule is C[C@H](Sc1nc2ccccc2o1)C(=O)Nc1ccc([N+](=O)[O-])cc1C(F)(F)F. The van der Waals surface area contributed by atoms with E-state index in [0.29, 0.717) is 17.2 Å². The summed E-state index contributed by atoms with van der Waals surface area (Å²) >= 11 is 0.939. The van der Waals surface area contributed by atoms with Crippen molar-refractivity contribution in [1.29, 1.82) is 0 Å². The van der Waals surface area contributed by atoms with Gasteiger partial charge in [0.2, 0.25) is 5.91 Å². The van der Waals surface area contributed by atoms with Gasteiger partial charge in [-0.3, -0.25) is 14.9 Å². The second-order valence-corrected chi connectivity index (χ2v) is 6.97. The molecule has 11 heteroatoms. The van der Waals surface area contributed by atoms with Gasteiger partial charge >= 0.3 is 6.18 Å². The first-order chi connectivity index (χ1) is 13.1. The lowest BCUT2D eigenvalue weighted by atomic mass is 10.1. The molecular formula is C17H12F3N3O4S. The smallest absolute Gasteiger partial charge is 0.418 e. The van der Waals surface area contributed by atoms with E-state index in [1.54, 1.807) is 24.3 Å². The number of nitro groups is 1. The minimum atomic E-state index is -4.87. The molecule has 7 nitrogen and oxygen atoms in total. The average Bonchev–Trinajstić information content (AvgIpc) is 3.03. The molecule has 1 N–H and O–H groups in total. The molecule has 1 amide bonds. The molecule has 0 aliphatic rings. The number of oxazole rings is 1. The number of nitro benzene ring substituents is 1.